The van der Waals surface area contributed by atoms with Crippen molar-refractivity contribution in [2.45, 2.75) is 58.3 Å². The van der Waals surface area contributed by atoms with Crippen LogP contribution in [0.5, 0.6) is 11.5 Å². The summed E-state index contributed by atoms with van der Waals surface area (Å²) in [6.45, 7) is 10.1. The van der Waals surface area contributed by atoms with Gasteiger partial charge in [-0.1, -0.05) is 32.1 Å². The summed E-state index contributed by atoms with van der Waals surface area (Å²) in [6, 6.07) is 3.96. The van der Waals surface area contributed by atoms with E-state index in [9.17, 15) is 5.11 Å². The second-order valence-corrected chi connectivity index (χ2v) is 6.06. The molecule has 1 aromatic rings. The number of phenols is 1. The molecule has 0 saturated heterocycles. The minimum absolute atomic E-state index is 0.236. The van der Waals surface area contributed by atoms with Gasteiger partial charge >= 0.3 is 0 Å². The molecule has 1 aliphatic carbocycles. The van der Waals surface area contributed by atoms with Crippen LogP contribution in [0.2, 0.25) is 0 Å². The maximum Gasteiger partial charge on any atom is 0.134 e. The van der Waals surface area contributed by atoms with Gasteiger partial charge in [-0.05, 0) is 56.2 Å². The SMILES string of the molecule is C=COc1cc(C(C)CC)cc(O)c1C1C=C(C)CCC1. The maximum absolute atomic E-state index is 10.5. The van der Waals surface area contributed by atoms with Crippen LogP contribution in [0.1, 0.15) is 69.4 Å². The van der Waals surface area contributed by atoms with Crippen molar-refractivity contribution in [1.29, 1.82) is 0 Å². The lowest BCUT2D eigenvalue weighted by Crippen LogP contribution is -2.05. The van der Waals surface area contributed by atoms with Gasteiger partial charge in [-0.15, -0.1) is 0 Å². The number of rotatable bonds is 5. The largest absolute Gasteiger partial charge is 0.507 e. The van der Waals surface area contributed by atoms with E-state index in [-0.39, 0.29) is 5.92 Å². The molecule has 0 fully saturated rings. The standard InChI is InChI=1S/C19H26O2/c1-5-14(4)16-11-17(20)19(18(12-16)21-6-2)15-9-7-8-13(3)10-15/h6,10-12,14-15,20H,2,5,7-9H2,1,3-4H3. The predicted octanol–water partition coefficient (Wildman–Crippen LogP) is 5.64. The van der Waals surface area contributed by atoms with Crippen LogP contribution in [0.3, 0.4) is 0 Å². The van der Waals surface area contributed by atoms with Gasteiger partial charge in [0.1, 0.15) is 11.5 Å². The summed E-state index contributed by atoms with van der Waals surface area (Å²) in [5.41, 5.74) is 3.41. The lowest BCUT2D eigenvalue weighted by Gasteiger charge is -2.24. The molecule has 114 valence electrons. The summed E-state index contributed by atoms with van der Waals surface area (Å²) >= 11 is 0. The lowest BCUT2D eigenvalue weighted by atomic mass is 9.84. The van der Waals surface area contributed by atoms with Gasteiger partial charge in [-0.2, -0.15) is 0 Å². The molecular weight excluding hydrogens is 260 g/mol. The van der Waals surface area contributed by atoms with Gasteiger partial charge in [0.25, 0.3) is 0 Å². The zero-order chi connectivity index (χ0) is 15.4. The Morgan fingerprint density at radius 1 is 1.48 bits per heavy atom. The van der Waals surface area contributed by atoms with Crippen LogP contribution in [-0.2, 0) is 0 Å². The second kappa shape index (κ2) is 6.84. The third kappa shape index (κ3) is 3.49. The zero-order valence-corrected chi connectivity index (χ0v) is 13.4. The monoisotopic (exact) mass is 286 g/mol. The molecule has 1 aromatic carbocycles. The highest BCUT2D eigenvalue weighted by Crippen LogP contribution is 2.43. The number of aromatic hydroxyl groups is 1. The van der Waals surface area contributed by atoms with E-state index in [1.165, 1.54) is 11.8 Å². The minimum atomic E-state index is 0.236. The molecule has 0 heterocycles. The van der Waals surface area contributed by atoms with E-state index in [1.807, 2.05) is 6.07 Å². The molecule has 0 amide bonds. The first-order valence-electron chi connectivity index (χ1n) is 7.88. The van der Waals surface area contributed by atoms with E-state index in [4.69, 9.17) is 4.74 Å². The van der Waals surface area contributed by atoms with Gasteiger partial charge in [-0.3, -0.25) is 0 Å². The molecule has 0 radical (unpaired) electrons. The van der Waals surface area contributed by atoms with Crippen LogP contribution < -0.4 is 4.74 Å². The number of benzene rings is 1. The molecule has 0 bridgehead atoms. The summed E-state index contributed by atoms with van der Waals surface area (Å²) in [7, 11) is 0. The van der Waals surface area contributed by atoms with Crippen LogP contribution in [0, 0.1) is 0 Å². The normalized spacial score (nSPS) is 19.8. The summed E-state index contributed by atoms with van der Waals surface area (Å²) in [6.07, 6.45) is 8.11. The van der Waals surface area contributed by atoms with Crippen molar-refractivity contribution in [2.75, 3.05) is 0 Å². The first-order valence-corrected chi connectivity index (χ1v) is 7.88. The Bertz CT molecular complexity index is 543. The number of allylic oxidation sites excluding steroid dienone is 2. The molecule has 0 spiro atoms. The Kier molecular flexibility index (Phi) is 5.11. The quantitative estimate of drug-likeness (QED) is 0.560. The van der Waals surface area contributed by atoms with Crippen molar-refractivity contribution < 1.29 is 9.84 Å². The lowest BCUT2D eigenvalue weighted by molar-refractivity contribution is 0.431. The van der Waals surface area contributed by atoms with Crippen LogP contribution in [0.4, 0.5) is 0 Å². The molecule has 1 aliphatic rings. The van der Waals surface area contributed by atoms with Crippen molar-refractivity contribution in [3.63, 3.8) is 0 Å². The van der Waals surface area contributed by atoms with Gasteiger partial charge in [0.15, 0.2) is 0 Å². The number of ether oxygens (including phenoxy) is 1. The maximum atomic E-state index is 10.5. The molecule has 1 N–H and O–H groups in total. The number of hydrogen-bond donors (Lipinski definition) is 1. The topological polar surface area (TPSA) is 29.5 Å². The Morgan fingerprint density at radius 2 is 2.24 bits per heavy atom. The molecule has 0 aliphatic heterocycles. The molecule has 2 unspecified atom stereocenters. The van der Waals surface area contributed by atoms with Crippen LogP contribution in [0.15, 0.2) is 36.6 Å². The molecule has 2 rings (SSSR count). The van der Waals surface area contributed by atoms with E-state index in [0.717, 1.165) is 42.6 Å². The minimum Gasteiger partial charge on any atom is -0.507 e. The highest BCUT2D eigenvalue weighted by molar-refractivity contribution is 5.52. The first-order chi connectivity index (χ1) is 10.1. The Labute approximate surface area is 128 Å². The fraction of sp³-hybridized carbons (Fsp3) is 0.474. The van der Waals surface area contributed by atoms with Gasteiger partial charge in [0.2, 0.25) is 0 Å². The summed E-state index contributed by atoms with van der Waals surface area (Å²) in [5.74, 6) is 1.73. The van der Waals surface area contributed by atoms with Crippen molar-refractivity contribution in [1.82, 2.24) is 0 Å². The van der Waals surface area contributed by atoms with E-state index < -0.39 is 0 Å². The Balaban J connectivity index is 2.48. The van der Waals surface area contributed by atoms with Crippen LogP contribution >= 0.6 is 0 Å². The fourth-order valence-electron chi connectivity index (χ4n) is 3.05. The Hall–Kier alpha value is -1.70. The summed E-state index contributed by atoms with van der Waals surface area (Å²) in [4.78, 5) is 0. The van der Waals surface area contributed by atoms with Crippen LogP contribution in [-0.4, -0.2) is 5.11 Å². The predicted molar refractivity (Wildman–Crippen MR) is 88.0 cm³/mol. The average Bonchev–Trinajstić information content (AvgIpc) is 2.46. The zero-order valence-electron chi connectivity index (χ0n) is 13.4. The third-order valence-electron chi connectivity index (χ3n) is 4.48. The molecule has 2 nitrogen and oxygen atoms in total. The van der Waals surface area contributed by atoms with Crippen LogP contribution in [0.25, 0.3) is 0 Å². The van der Waals surface area contributed by atoms with E-state index in [2.05, 4.69) is 39.5 Å². The van der Waals surface area contributed by atoms with Gasteiger partial charge < -0.3 is 9.84 Å². The van der Waals surface area contributed by atoms with Crippen molar-refractivity contribution >= 4 is 0 Å². The molecule has 0 saturated carbocycles. The second-order valence-electron chi connectivity index (χ2n) is 6.06. The van der Waals surface area contributed by atoms with E-state index >= 15 is 0 Å². The Morgan fingerprint density at radius 3 is 2.86 bits per heavy atom. The van der Waals surface area contributed by atoms with Gasteiger partial charge in [0, 0.05) is 11.5 Å². The number of phenolic OH excluding ortho intramolecular Hbond substituents is 1. The van der Waals surface area contributed by atoms with Crippen molar-refractivity contribution in [3.05, 3.63) is 47.7 Å². The molecular formula is C19H26O2. The molecule has 2 atom stereocenters. The first kappa shape index (κ1) is 15.7. The van der Waals surface area contributed by atoms with E-state index in [1.54, 1.807) is 0 Å². The summed E-state index contributed by atoms with van der Waals surface area (Å²) < 4.78 is 5.62. The molecule has 2 heteroatoms. The molecule has 21 heavy (non-hydrogen) atoms. The highest BCUT2D eigenvalue weighted by atomic mass is 16.5. The summed E-state index contributed by atoms with van der Waals surface area (Å²) in [5, 5.41) is 10.5. The molecule has 0 aromatic heterocycles. The average molecular weight is 286 g/mol. The highest BCUT2D eigenvalue weighted by Gasteiger charge is 2.23. The van der Waals surface area contributed by atoms with E-state index in [0.29, 0.717) is 11.7 Å². The third-order valence-corrected chi connectivity index (χ3v) is 4.48. The number of hydrogen-bond acceptors (Lipinski definition) is 2. The van der Waals surface area contributed by atoms with Gasteiger partial charge in [0.05, 0.1) is 6.26 Å². The fourth-order valence-corrected chi connectivity index (χ4v) is 3.05. The van der Waals surface area contributed by atoms with Crippen molar-refractivity contribution in [3.8, 4) is 11.5 Å². The van der Waals surface area contributed by atoms with Gasteiger partial charge in [-0.25, -0.2) is 0 Å². The smallest absolute Gasteiger partial charge is 0.134 e. The van der Waals surface area contributed by atoms with Crippen molar-refractivity contribution in [2.24, 2.45) is 0 Å².